The normalized spacial score (nSPS) is 14.1. The Bertz CT molecular complexity index is 1350. The van der Waals surface area contributed by atoms with E-state index in [1.54, 1.807) is 23.1 Å². The van der Waals surface area contributed by atoms with E-state index in [-0.39, 0.29) is 23.8 Å². The average Bonchev–Trinajstić information content (AvgIpc) is 3.33. The van der Waals surface area contributed by atoms with Gasteiger partial charge in [0.25, 0.3) is 5.91 Å². The lowest BCUT2D eigenvalue weighted by Crippen LogP contribution is -2.44. The monoisotopic (exact) mass is 502 g/mol. The predicted molar refractivity (Wildman–Crippen MR) is 138 cm³/mol. The second-order valence-electron chi connectivity index (χ2n) is 9.27. The molecule has 1 amide bonds. The maximum Gasteiger partial charge on any atom is 0.254 e. The molecule has 0 spiro atoms. The van der Waals surface area contributed by atoms with Gasteiger partial charge < -0.3 is 19.2 Å². The molecule has 0 aliphatic carbocycles. The van der Waals surface area contributed by atoms with E-state index in [2.05, 4.69) is 22.0 Å². The third-order valence-corrected chi connectivity index (χ3v) is 6.60. The van der Waals surface area contributed by atoms with Gasteiger partial charge in [-0.2, -0.15) is 0 Å². The first-order chi connectivity index (χ1) is 18.0. The Morgan fingerprint density at radius 2 is 1.62 bits per heavy atom. The van der Waals surface area contributed by atoms with Crippen LogP contribution in [-0.2, 0) is 13.1 Å². The Hall–Kier alpha value is -4.04. The van der Waals surface area contributed by atoms with Crippen LogP contribution >= 0.6 is 0 Å². The van der Waals surface area contributed by atoms with Gasteiger partial charge in [-0.25, -0.2) is 8.78 Å². The molecular formula is C29H28F2N4O2. The highest BCUT2D eigenvalue weighted by Crippen LogP contribution is 2.34. The summed E-state index contributed by atoms with van der Waals surface area (Å²) in [6, 6.07) is 21.4. The number of carbonyl (C=O) groups is 1. The van der Waals surface area contributed by atoms with E-state index >= 15 is 0 Å². The van der Waals surface area contributed by atoms with Gasteiger partial charge in [-0.05, 0) is 55.1 Å². The second-order valence-corrected chi connectivity index (χ2v) is 9.27. The molecule has 3 aromatic carbocycles. The fourth-order valence-corrected chi connectivity index (χ4v) is 4.53. The summed E-state index contributed by atoms with van der Waals surface area (Å²) in [5.41, 5.74) is 3.18. The van der Waals surface area contributed by atoms with Gasteiger partial charge in [0, 0.05) is 43.9 Å². The number of anilines is 1. The van der Waals surface area contributed by atoms with Gasteiger partial charge in [0.15, 0.2) is 0 Å². The number of halogens is 2. The summed E-state index contributed by atoms with van der Waals surface area (Å²) < 4.78 is 33.6. The summed E-state index contributed by atoms with van der Waals surface area (Å²) in [4.78, 5) is 19.7. The van der Waals surface area contributed by atoms with Gasteiger partial charge in [-0.1, -0.05) is 41.6 Å². The summed E-state index contributed by atoms with van der Waals surface area (Å²) >= 11 is 0. The Balaban J connectivity index is 1.55. The number of hydrogen-bond acceptors (Lipinski definition) is 5. The summed E-state index contributed by atoms with van der Waals surface area (Å²) in [7, 11) is 2.07. The topological polar surface area (TPSA) is 52.8 Å². The number of likely N-dealkylation sites (N-methyl/N-ethyl adjacent to an activating group) is 1. The first kappa shape index (κ1) is 24.6. The van der Waals surface area contributed by atoms with Gasteiger partial charge in [-0.15, -0.1) is 0 Å². The third-order valence-electron chi connectivity index (χ3n) is 6.60. The molecule has 0 saturated carbocycles. The standard InChI is InChI=1S/C29H28F2N4O2/c1-33-14-16-34(17-15-33)29-26(27(32-37-29)22-10-12-24(30)13-11-22)20-35(19-21-6-3-2-4-7-21)28(36)23-8-5-9-25(31)18-23/h2-13,18H,14-17,19-20H2,1H3. The number of carbonyl (C=O) groups excluding carboxylic acids is 1. The Morgan fingerprint density at radius 1 is 0.892 bits per heavy atom. The van der Waals surface area contributed by atoms with E-state index in [0.29, 0.717) is 23.7 Å². The minimum absolute atomic E-state index is 0.183. The van der Waals surface area contributed by atoms with Crippen molar-refractivity contribution < 1.29 is 18.1 Å². The van der Waals surface area contributed by atoms with Crippen LogP contribution in [0.3, 0.4) is 0 Å². The zero-order valence-electron chi connectivity index (χ0n) is 20.6. The Morgan fingerprint density at radius 3 is 2.32 bits per heavy atom. The van der Waals surface area contributed by atoms with Crippen LogP contribution in [-0.4, -0.2) is 54.1 Å². The highest BCUT2D eigenvalue weighted by molar-refractivity contribution is 5.94. The van der Waals surface area contributed by atoms with Crippen LogP contribution in [0.25, 0.3) is 11.3 Å². The minimum atomic E-state index is -0.472. The van der Waals surface area contributed by atoms with Crippen molar-refractivity contribution in [3.63, 3.8) is 0 Å². The van der Waals surface area contributed by atoms with Crippen LogP contribution in [0.5, 0.6) is 0 Å². The van der Waals surface area contributed by atoms with E-state index in [4.69, 9.17) is 4.52 Å². The number of hydrogen-bond donors (Lipinski definition) is 0. The van der Waals surface area contributed by atoms with Crippen molar-refractivity contribution >= 4 is 11.8 Å². The average molecular weight is 503 g/mol. The molecule has 37 heavy (non-hydrogen) atoms. The molecule has 190 valence electrons. The van der Waals surface area contributed by atoms with Crippen molar-refractivity contribution in [2.75, 3.05) is 38.1 Å². The van der Waals surface area contributed by atoms with E-state index in [1.807, 2.05) is 30.3 Å². The van der Waals surface area contributed by atoms with Crippen molar-refractivity contribution in [3.8, 4) is 11.3 Å². The smallest absolute Gasteiger partial charge is 0.254 e. The Kier molecular flexibility index (Phi) is 7.28. The molecule has 0 atom stereocenters. The van der Waals surface area contributed by atoms with E-state index in [0.717, 1.165) is 37.3 Å². The quantitative estimate of drug-likeness (QED) is 0.347. The molecule has 0 unspecified atom stereocenters. The van der Waals surface area contributed by atoms with Gasteiger partial charge in [0.05, 0.1) is 12.1 Å². The van der Waals surface area contributed by atoms with E-state index in [9.17, 15) is 13.6 Å². The van der Waals surface area contributed by atoms with Gasteiger partial charge in [-0.3, -0.25) is 4.79 Å². The van der Waals surface area contributed by atoms with Gasteiger partial charge >= 0.3 is 0 Å². The lowest BCUT2D eigenvalue weighted by atomic mass is 10.0. The van der Waals surface area contributed by atoms with E-state index < -0.39 is 5.82 Å². The molecule has 0 N–H and O–H groups in total. The Labute approximate surface area is 214 Å². The molecular weight excluding hydrogens is 474 g/mol. The fourth-order valence-electron chi connectivity index (χ4n) is 4.53. The van der Waals surface area contributed by atoms with Crippen molar-refractivity contribution in [2.24, 2.45) is 0 Å². The van der Waals surface area contributed by atoms with Gasteiger partial charge in [0.1, 0.15) is 17.3 Å². The van der Waals surface area contributed by atoms with Crippen LogP contribution in [0.4, 0.5) is 14.7 Å². The summed E-state index contributed by atoms with van der Waals surface area (Å²) in [5.74, 6) is -0.530. The maximum absolute atomic E-state index is 14.0. The van der Waals surface area contributed by atoms with E-state index in [1.165, 1.54) is 30.3 Å². The first-order valence-corrected chi connectivity index (χ1v) is 12.2. The lowest BCUT2D eigenvalue weighted by Gasteiger charge is -2.33. The van der Waals surface area contributed by atoms with Crippen LogP contribution in [0.1, 0.15) is 21.5 Å². The van der Waals surface area contributed by atoms with Crippen LogP contribution in [0, 0.1) is 11.6 Å². The fraction of sp³-hybridized carbons (Fsp3) is 0.241. The second kappa shape index (κ2) is 10.9. The molecule has 4 aromatic rings. The number of amides is 1. The van der Waals surface area contributed by atoms with Gasteiger partial charge in [0.2, 0.25) is 5.88 Å². The number of rotatable bonds is 7. The molecule has 0 bridgehead atoms. The van der Waals surface area contributed by atoms with Crippen LogP contribution in [0.15, 0.2) is 83.4 Å². The zero-order valence-corrected chi connectivity index (χ0v) is 20.6. The zero-order chi connectivity index (χ0) is 25.8. The number of aromatic nitrogens is 1. The number of nitrogens with zero attached hydrogens (tertiary/aromatic N) is 4. The third kappa shape index (κ3) is 5.70. The molecule has 2 heterocycles. The maximum atomic E-state index is 14.0. The summed E-state index contributed by atoms with van der Waals surface area (Å²) in [5, 5.41) is 4.37. The molecule has 1 aromatic heterocycles. The number of benzene rings is 3. The molecule has 1 aliphatic heterocycles. The minimum Gasteiger partial charge on any atom is -0.338 e. The lowest BCUT2D eigenvalue weighted by molar-refractivity contribution is 0.0729. The molecule has 1 saturated heterocycles. The highest BCUT2D eigenvalue weighted by atomic mass is 19.1. The summed E-state index contributed by atoms with van der Waals surface area (Å²) in [6.45, 7) is 3.72. The van der Waals surface area contributed by atoms with Crippen molar-refractivity contribution in [1.82, 2.24) is 15.0 Å². The SMILES string of the molecule is CN1CCN(c2onc(-c3ccc(F)cc3)c2CN(Cc2ccccc2)C(=O)c2cccc(F)c2)CC1. The molecule has 6 nitrogen and oxygen atoms in total. The number of piperazine rings is 1. The predicted octanol–water partition coefficient (Wildman–Crippen LogP) is 5.21. The van der Waals surface area contributed by atoms with Crippen LogP contribution < -0.4 is 4.90 Å². The molecule has 1 aliphatic rings. The van der Waals surface area contributed by atoms with Crippen LogP contribution in [0.2, 0.25) is 0 Å². The molecule has 5 rings (SSSR count). The highest BCUT2D eigenvalue weighted by Gasteiger charge is 2.28. The molecule has 1 fully saturated rings. The first-order valence-electron chi connectivity index (χ1n) is 12.2. The van der Waals surface area contributed by atoms with Crippen molar-refractivity contribution in [1.29, 1.82) is 0 Å². The molecule has 8 heteroatoms. The van der Waals surface area contributed by atoms with Crippen molar-refractivity contribution in [3.05, 3.63) is 107 Å². The largest absolute Gasteiger partial charge is 0.338 e. The summed E-state index contributed by atoms with van der Waals surface area (Å²) in [6.07, 6.45) is 0. The molecule has 0 radical (unpaired) electrons. The van der Waals surface area contributed by atoms with Crippen molar-refractivity contribution in [2.45, 2.75) is 13.1 Å².